The van der Waals surface area contributed by atoms with Crippen LogP contribution in [0.1, 0.15) is 20.7 Å². The molecule has 17 heavy (non-hydrogen) atoms. The summed E-state index contributed by atoms with van der Waals surface area (Å²) in [6, 6.07) is 6.57. The summed E-state index contributed by atoms with van der Waals surface area (Å²) < 4.78 is 0. The van der Waals surface area contributed by atoms with Gasteiger partial charge in [-0.15, -0.1) is 0 Å². The maximum atomic E-state index is 11.7. The second-order valence-corrected chi connectivity index (χ2v) is 3.32. The van der Waals surface area contributed by atoms with Gasteiger partial charge in [0.25, 0.3) is 5.91 Å². The predicted molar refractivity (Wildman–Crippen MR) is 61.8 cm³/mol. The Morgan fingerprint density at radius 3 is 2.35 bits per heavy atom. The first-order valence-corrected chi connectivity index (χ1v) is 4.91. The van der Waals surface area contributed by atoms with Crippen LogP contribution < -0.4 is 5.32 Å². The van der Waals surface area contributed by atoms with E-state index in [1.807, 2.05) is 0 Å². The smallest absolute Gasteiger partial charge is 0.258 e. The molecular formula is C12H9N3O2. The molecule has 1 aromatic heterocycles. The number of amides is 1. The highest BCUT2D eigenvalue weighted by Gasteiger charge is 2.05. The van der Waals surface area contributed by atoms with Crippen molar-refractivity contribution in [1.82, 2.24) is 9.97 Å². The lowest BCUT2D eigenvalue weighted by molar-refractivity contribution is 0.102. The van der Waals surface area contributed by atoms with Gasteiger partial charge in [-0.2, -0.15) is 0 Å². The summed E-state index contributed by atoms with van der Waals surface area (Å²) in [4.78, 5) is 29.7. The third kappa shape index (κ3) is 2.72. The van der Waals surface area contributed by atoms with Gasteiger partial charge in [0.2, 0.25) is 0 Å². The van der Waals surface area contributed by atoms with Crippen LogP contribution in [0.4, 0.5) is 5.69 Å². The van der Waals surface area contributed by atoms with Crippen LogP contribution >= 0.6 is 0 Å². The minimum absolute atomic E-state index is 0.288. The van der Waals surface area contributed by atoms with Crippen LogP contribution in [-0.4, -0.2) is 22.2 Å². The fourth-order valence-electron chi connectivity index (χ4n) is 1.26. The molecule has 0 fully saturated rings. The van der Waals surface area contributed by atoms with Crippen LogP contribution in [0.15, 0.2) is 43.0 Å². The van der Waals surface area contributed by atoms with Crippen molar-refractivity contribution in [3.63, 3.8) is 0 Å². The van der Waals surface area contributed by atoms with Crippen LogP contribution in [-0.2, 0) is 0 Å². The highest BCUT2D eigenvalue weighted by molar-refractivity contribution is 6.03. The number of rotatable bonds is 3. The molecule has 5 nitrogen and oxygen atoms in total. The summed E-state index contributed by atoms with van der Waals surface area (Å²) in [5.74, 6) is -0.288. The Balaban J connectivity index is 2.10. The van der Waals surface area contributed by atoms with Crippen molar-refractivity contribution in [1.29, 1.82) is 0 Å². The third-order valence-electron chi connectivity index (χ3n) is 2.13. The molecule has 0 bridgehead atoms. The summed E-state index contributed by atoms with van der Waals surface area (Å²) in [6.07, 6.45) is 4.97. The van der Waals surface area contributed by atoms with E-state index >= 15 is 0 Å². The number of carbonyl (C=O) groups is 2. The van der Waals surface area contributed by atoms with Crippen LogP contribution in [0.3, 0.4) is 0 Å². The van der Waals surface area contributed by atoms with Crippen molar-refractivity contribution >= 4 is 17.9 Å². The van der Waals surface area contributed by atoms with E-state index in [-0.39, 0.29) is 5.91 Å². The van der Waals surface area contributed by atoms with Crippen molar-refractivity contribution in [3.8, 4) is 0 Å². The van der Waals surface area contributed by atoms with E-state index in [2.05, 4.69) is 15.3 Å². The van der Waals surface area contributed by atoms with E-state index in [9.17, 15) is 9.59 Å². The molecule has 0 aliphatic carbocycles. The van der Waals surface area contributed by atoms with Gasteiger partial charge in [-0.05, 0) is 24.3 Å². The van der Waals surface area contributed by atoms with Gasteiger partial charge in [0, 0.05) is 23.6 Å². The minimum Gasteiger partial charge on any atom is -0.322 e. The third-order valence-corrected chi connectivity index (χ3v) is 2.13. The van der Waals surface area contributed by atoms with Gasteiger partial charge in [0.15, 0.2) is 0 Å². The van der Waals surface area contributed by atoms with Crippen molar-refractivity contribution < 1.29 is 9.59 Å². The average Bonchev–Trinajstić information content (AvgIpc) is 2.40. The van der Waals surface area contributed by atoms with Crippen LogP contribution in [0.25, 0.3) is 0 Å². The molecule has 2 rings (SSSR count). The molecule has 0 atom stereocenters. The number of carbonyl (C=O) groups excluding carboxylic acids is 2. The molecule has 1 N–H and O–H groups in total. The lowest BCUT2D eigenvalue weighted by Gasteiger charge is -2.04. The Morgan fingerprint density at radius 2 is 1.76 bits per heavy atom. The van der Waals surface area contributed by atoms with Crippen molar-refractivity contribution in [2.75, 3.05) is 5.32 Å². The van der Waals surface area contributed by atoms with Gasteiger partial charge in [0.05, 0.1) is 5.56 Å². The number of hydrogen-bond donors (Lipinski definition) is 1. The minimum atomic E-state index is -0.288. The van der Waals surface area contributed by atoms with E-state index < -0.39 is 0 Å². The second kappa shape index (κ2) is 4.98. The normalized spacial score (nSPS) is 9.65. The molecular weight excluding hydrogens is 218 g/mol. The summed E-state index contributed by atoms with van der Waals surface area (Å²) in [5, 5.41) is 2.67. The van der Waals surface area contributed by atoms with Gasteiger partial charge in [-0.3, -0.25) is 9.59 Å². The van der Waals surface area contributed by atoms with Gasteiger partial charge in [0.1, 0.15) is 12.6 Å². The summed E-state index contributed by atoms with van der Waals surface area (Å²) in [5.41, 5.74) is 1.56. The molecule has 0 spiro atoms. The molecule has 84 valence electrons. The molecule has 0 radical (unpaired) electrons. The van der Waals surface area contributed by atoms with Gasteiger partial charge in [-0.25, -0.2) is 9.97 Å². The quantitative estimate of drug-likeness (QED) is 0.807. The number of aromatic nitrogens is 2. The van der Waals surface area contributed by atoms with E-state index in [0.29, 0.717) is 16.8 Å². The zero-order chi connectivity index (χ0) is 12.1. The molecule has 0 aliphatic rings. The fourth-order valence-corrected chi connectivity index (χ4v) is 1.26. The topological polar surface area (TPSA) is 72.0 Å². The fraction of sp³-hybridized carbons (Fsp3) is 0. The lowest BCUT2D eigenvalue weighted by Crippen LogP contribution is -2.12. The number of nitrogens with one attached hydrogen (secondary N) is 1. The Kier molecular flexibility index (Phi) is 3.20. The standard InChI is InChI=1S/C12H9N3O2/c16-7-9-1-3-11(4-2-9)15-12(17)10-5-13-8-14-6-10/h1-8H,(H,15,17). The Morgan fingerprint density at radius 1 is 1.12 bits per heavy atom. The second-order valence-electron chi connectivity index (χ2n) is 3.32. The molecule has 1 aromatic carbocycles. The monoisotopic (exact) mass is 227 g/mol. The first-order chi connectivity index (χ1) is 8.29. The molecule has 1 heterocycles. The summed E-state index contributed by atoms with van der Waals surface area (Å²) >= 11 is 0. The zero-order valence-electron chi connectivity index (χ0n) is 8.83. The average molecular weight is 227 g/mol. The Labute approximate surface area is 97.5 Å². The van der Waals surface area contributed by atoms with Crippen molar-refractivity contribution in [2.45, 2.75) is 0 Å². The first kappa shape index (κ1) is 10.9. The summed E-state index contributed by atoms with van der Waals surface area (Å²) in [6.45, 7) is 0. The molecule has 0 saturated heterocycles. The first-order valence-electron chi connectivity index (χ1n) is 4.91. The number of benzene rings is 1. The highest BCUT2D eigenvalue weighted by Crippen LogP contribution is 2.09. The van der Waals surface area contributed by atoms with Gasteiger partial charge < -0.3 is 5.32 Å². The maximum Gasteiger partial charge on any atom is 0.258 e. The zero-order valence-corrected chi connectivity index (χ0v) is 8.83. The largest absolute Gasteiger partial charge is 0.322 e. The number of anilines is 1. The van der Waals surface area contributed by atoms with Crippen LogP contribution in [0.2, 0.25) is 0 Å². The number of hydrogen-bond acceptors (Lipinski definition) is 4. The Bertz CT molecular complexity index is 523. The van der Waals surface area contributed by atoms with Gasteiger partial charge in [-0.1, -0.05) is 0 Å². The van der Waals surface area contributed by atoms with Crippen LogP contribution in [0, 0.1) is 0 Å². The van der Waals surface area contributed by atoms with Crippen molar-refractivity contribution in [3.05, 3.63) is 54.1 Å². The van der Waals surface area contributed by atoms with E-state index in [4.69, 9.17) is 0 Å². The summed E-state index contributed by atoms with van der Waals surface area (Å²) in [7, 11) is 0. The Hall–Kier alpha value is -2.56. The predicted octanol–water partition coefficient (Wildman–Crippen LogP) is 1.54. The molecule has 1 amide bonds. The molecule has 0 aliphatic heterocycles. The number of nitrogens with zero attached hydrogens (tertiary/aromatic N) is 2. The molecule has 0 unspecified atom stereocenters. The van der Waals surface area contributed by atoms with E-state index in [1.165, 1.54) is 18.7 Å². The molecule has 2 aromatic rings. The van der Waals surface area contributed by atoms with Crippen molar-refractivity contribution in [2.24, 2.45) is 0 Å². The molecule has 0 saturated carbocycles. The lowest BCUT2D eigenvalue weighted by atomic mass is 10.2. The number of aldehydes is 1. The van der Waals surface area contributed by atoms with Crippen LogP contribution in [0.5, 0.6) is 0 Å². The highest BCUT2D eigenvalue weighted by atomic mass is 16.1. The maximum absolute atomic E-state index is 11.7. The molecule has 5 heteroatoms. The van der Waals surface area contributed by atoms with Gasteiger partial charge >= 0.3 is 0 Å². The van der Waals surface area contributed by atoms with E-state index in [1.54, 1.807) is 24.3 Å². The SMILES string of the molecule is O=Cc1ccc(NC(=O)c2cncnc2)cc1. The van der Waals surface area contributed by atoms with E-state index in [0.717, 1.165) is 6.29 Å².